The molecule has 120 valence electrons. The third kappa shape index (κ3) is 2.83. The van der Waals surface area contributed by atoms with Crippen molar-refractivity contribution in [3.05, 3.63) is 54.8 Å². The summed E-state index contributed by atoms with van der Waals surface area (Å²) in [5.41, 5.74) is 2.65. The number of hydrogen-bond acceptors (Lipinski definition) is 7. The highest BCUT2D eigenvalue weighted by molar-refractivity contribution is 7.99. The molecule has 0 aromatic carbocycles. The third-order valence-corrected chi connectivity index (χ3v) is 4.23. The zero-order valence-corrected chi connectivity index (χ0v) is 13.7. The topological polar surface area (TPSA) is 79.5 Å². The first-order chi connectivity index (χ1) is 11.8. The Morgan fingerprint density at radius 2 is 2.12 bits per heavy atom. The molecule has 2 N–H and O–H groups in total. The number of aromatic nitrogens is 4. The molecule has 8 heteroatoms. The minimum Gasteiger partial charge on any atom is -0.352 e. The smallest absolute Gasteiger partial charge is 0.198 e. The predicted molar refractivity (Wildman–Crippen MR) is 97.4 cm³/mol. The molecule has 3 aromatic rings. The quantitative estimate of drug-likeness (QED) is 0.761. The van der Waals surface area contributed by atoms with Crippen LogP contribution in [0.2, 0.25) is 0 Å². The second-order valence-corrected chi connectivity index (χ2v) is 6.01. The summed E-state index contributed by atoms with van der Waals surface area (Å²) >= 11 is 1.62. The molecule has 0 amide bonds. The Bertz CT molecular complexity index is 917. The first kappa shape index (κ1) is 14.7. The Morgan fingerprint density at radius 1 is 1.25 bits per heavy atom. The molecule has 0 aliphatic carbocycles. The van der Waals surface area contributed by atoms with Crippen molar-refractivity contribution in [2.24, 2.45) is 4.99 Å². The maximum atomic E-state index is 4.70. The summed E-state index contributed by atoms with van der Waals surface area (Å²) in [5, 5.41) is 11.2. The molecule has 0 saturated carbocycles. The van der Waals surface area contributed by atoms with Crippen molar-refractivity contribution in [2.75, 3.05) is 11.6 Å². The van der Waals surface area contributed by atoms with Crippen LogP contribution < -0.4 is 10.6 Å². The van der Waals surface area contributed by atoms with Crippen LogP contribution in [0.3, 0.4) is 0 Å². The van der Waals surface area contributed by atoms with E-state index >= 15 is 0 Å². The van der Waals surface area contributed by atoms with Crippen molar-refractivity contribution >= 4 is 40.7 Å². The first-order valence-electron chi connectivity index (χ1n) is 7.39. The second-order valence-electron chi connectivity index (χ2n) is 5.09. The van der Waals surface area contributed by atoms with E-state index in [-0.39, 0.29) is 5.50 Å². The Kier molecular flexibility index (Phi) is 3.87. The zero-order chi connectivity index (χ0) is 16.4. The number of hydrogen-bond donors (Lipinski definition) is 2. The van der Waals surface area contributed by atoms with Gasteiger partial charge >= 0.3 is 0 Å². The van der Waals surface area contributed by atoms with Crippen molar-refractivity contribution in [1.29, 1.82) is 0 Å². The number of rotatable bonds is 4. The van der Waals surface area contributed by atoms with Crippen LogP contribution in [0.15, 0.2) is 53.9 Å². The van der Waals surface area contributed by atoms with Gasteiger partial charge in [0, 0.05) is 30.5 Å². The minimum absolute atomic E-state index is 0.0226. The number of nitrogens with one attached hydrogen (secondary N) is 2. The number of allylic oxidation sites excluding steroid dienone is 1. The molecule has 0 radical (unpaired) electrons. The number of aliphatic imine (C=N–C) groups is 1. The highest BCUT2D eigenvalue weighted by Crippen LogP contribution is 2.22. The zero-order valence-electron chi connectivity index (χ0n) is 12.9. The fourth-order valence-electron chi connectivity index (χ4n) is 2.39. The van der Waals surface area contributed by atoms with Gasteiger partial charge in [0.15, 0.2) is 17.1 Å². The molecule has 1 aliphatic heterocycles. The van der Waals surface area contributed by atoms with Gasteiger partial charge in [-0.2, -0.15) is 0 Å². The van der Waals surface area contributed by atoms with Gasteiger partial charge < -0.3 is 10.6 Å². The van der Waals surface area contributed by atoms with Crippen LogP contribution in [0.1, 0.15) is 5.82 Å². The largest absolute Gasteiger partial charge is 0.352 e. The van der Waals surface area contributed by atoms with E-state index in [1.165, 1.54) is 0 Å². The lowest BCUT2D eigenvalue weighted by molar-refractivity contribution is 0.803. The van der Waals surface area contributed by atoms with Gasteiger partial charge in [-0.15, -0.1) is 16.9 Å². The Morgan fingerprint density at radius 3 is 2.96 bits per heavy atom. The van der Waals surface area contributed by atoms with E-state index < -0.39 is 0 Å². The lowest BCUT2D eigenvalue weighted by atomic mass is 10.3. The van der Waals surface area contributed by atoms with Gasteiger partial charge in [-0.05, 0) is 36.6 Å². The van der Waals surface area contributed by atoms with Crippen LogP contribution >= 0.6 is 11.8 Å². The van der Waals surface area contributed by atoms with Gasteiger partial charge in [0.05, 0.1) is 5.70 Å². The lowest BCUT2D eigenvalue weighted by Gasteiger charge is -2.19. The first-order valence-corrected chi connectivity index (χ1v) is 8.68. The van der Waals surface area contributed by atoms with E-state index in [2.05, 4.69) is 25.7 Å². The van der Waals surface area contributed by atoms with Gasteiger partial charge in [0.1, 0.15) is 5.52 Å². The summed E-state index contributed by atoms with van der Waals surface area (Å²) in [7, 11) is 0. The summed E-state index contributed by atoms with van der Waals surface area (Å²) in [5.74, 6) is 1.35. The van der Waals surface area contributed by atoms with Gasteiger partial charge in [-0.3, -0.25) is 9.98 Å². The monoisotopic (exact) mass is 337 g/mol. The van der Waals surface area contributed by atoms with Gasteiger partial charge in [0.2, 0.25) is 0 Å². The van der Waals surface area contributed by atoms with Gasteiger partial charge in [-0.1, -0.05) is 0 Å². The molecule has 7 nitrogen and oxygen atoms in total. The molecule has 1 atom stereocenters. The van der Waals surface area contributed by atoms with Crippen LogP contribution in [-0.2, 0) is 0 Å². The van der Waals surface area contributed by atoms with E-state index in [1.807, 2.05) is 47.3 Å². The van der Waals surface area contributed by atoms with E-state index in [9.17, 15) is 0 Å². The van der Waals surface area contributed by atoms with Gasteiger partial charge in [0.25, 0.3) is 0 Å². The number of anilines is 2. The summed E-state index contributed by atoms with van der Waals surface area (Å²) in [6.45, 7) is 0. The fourth-order valence-corrected chi connectivity index (χ4v) is 2.82. The molecule has 0 spiro atoms. The van der Waals surface area contributed by atoms with E-state index in [4.69, 9.17) is 4.98 Å². The fraction of sp³-hybridized carbons (Fsp3) is 0.125. The number of nitrogens with zero attached hydrogens (tertiary/aromatic N) is 5. The molecule has 3 aromatic heterocycles. The van der Waals surface area contributed by atoms with Crippen LogP contribution in [0.5, 0.6) is 0 Å². The summed E-state index contributed by atoms with van der Waals surface area (Å²) in [6, 6.07) is 7.72. The summed E-state index contributed by atoms with van der Waals surface area (Å²) < 4.78 is 1.81. The average Bonchev–Trinajstić information content (AvgIpc) is 3.11. The molecule has 1 unspecified atom stereocenters. The van der Waals surface area contributed by atoms with Crippen LogP contribution in [0, 0.1) is 0 Å². The lowest BCUT2D eigenvalue weighted by Crippen LogP contribution is -2.26. The maximum absolute atomic E-state index is 4.70. The normalized spacial score (nSPS) is 16.7. The Labute approximate surface area is 142 Å². The number of pyridine rings is 1. The third-order valence-electron chi connectivity index (χ3n) is 3.54. The van der Waals surface area contributed by atoms with Crippen LogP contribution in [-0.4, -0.2) is 37.6 Å². The highest BCUT2D eigenvalue weighted by Gasteiger charge is 2.16. The standard InChI is InChI=1S/C16H15N7S/c1-24-16-18-9-6-12(20-16)14-21-15(13-3-2-10-23(13)22-14)19-11-4-7-17-8-5-11/h2-10,16,20H,1H3,(H,17,19,21,22). The van der Waals surface area contributed by atoms with Crippen molar-refractivity contribution in [2.45, 2.75) is 5.50 Å². The molecular formula is C16H15N7S. The molecule has 1 aliphatic rings. The molecular weight excluding hydrogens is 322 g/mol. The van der Waals surface area contributed by atoms with E-state index in [0.717, 1.165) is 22.7 Å². The van der Waals surface area contributed by atoms with Crippen molar-refractivity contribution in [1.82, 2.24) is 24.9 Å². The molecule has 0 fully saturated rings. The molecule has 0 bridgehead atoms. The number of fused-ring (bicyclic) bond motifs is 1. The minimum atomic E-state index is -0.0226. The molecule has 4 heterocycles. The van der Waals surface area contributed by atoms with Crippen LogP contribution in [0.25, 0.3) is 11.2 Å². The number of thioether (sulfide) groups is 1. The SMILES string of the molecule is CSC1N=CC=C(c2nc(Nc3ccncc3)c3cccn3n2)N1. The maximum Gasteiger partial charge on any atom is 0.198 e. The summed E-state index contributed by atoms with van der Waals surface area (Å²) in [6.07, 6.45) is 11.1. The van der Waals surface area contributed by atoms with Crippen molar-refractivity contribution in [3.63, 3.8) is 0 Å². The highest BCUT2D eigenvalue weighted by atomic mass is 32.2. The predicted octanol–water partition coefficient (Wildman–Crippen LogP) is 2.53. The molecule has 4 rings (SSSR count). The van der Waals surface area contributed by atoms with E-state index in [1.54, 1.807) is 30.4 Å². The van der Waals surface area contributed by atoms with Gasteiger partial charge in [-0.25, -0.2) is 9.50 Å². The molecule has 0 saturated heterocycles. The van der Waals surface area contributed by atoms with Crippen molar-refractivity contribution < 1.29 is 0 Å². The second kappa shape index (κ2) is 6.32. The van der Waals surface area contributed by atoms with Crippen molar-refractivity contribution in [3.8, 4) is 0 Å². The Hall–Kier alpha value is -2.87. The summed E-state index contributed by atoms with van der Waals surface area (Å²) in [4.78, 5) is 13.1. The van der Waals surface area contributed by atoms with Crippen LogP contribution in [0.4, 0.5) is 11.5 Å². The average molecular weight is 337 g/mol. The Balaban J connectivity index is 1.75. The molecule has 24 heavy (non-hydrogen) atoms. The van der Waals surface area contributed by atoms with E-state index in [0.29, 0.717) is 5.82 Å².